The van der Waals surface area contributed by atoms with Crippen LogP contribution in [0.25, 0.3) is 0 Å². The smallest absolute Gasteiger partial charge is 0.274 e. The van der Waals surface area contributed by atoms with Crippen LogP contribution in [-0.2, 0) is 11.3 Å². The summed E-state index contributed by atoms with van der Waals surface area (Å²) < 4.78 is 19.3. The van der Waals surface area contributed by atoms with Crippen molar-refractivity contribution >= 4 is 23.3 Å². The largest absolute Gasteiger partial charge is 0.457 e. The molecule has 2 amide bonds. The maximum Gasteiger partial charge on any atom is 0.274 e. The van der Waals surface area contributed by atoms with Crippen LogP contribution in [0.15, 0.2) is 77.9 Å². The number of nitrogens with zero attached hydrogens (tertiary/aromatic N) is 2. The molecule has 1 aliphatic heterocycles. The fourth-order valence-electron chi connectivity index (χ4n) is 3.26. The third-order valence-corrected chi connectivity index (χ3v) is 4.95. The molecule has 7 nitrogen and oxygen atoms in total. The van der Waals surface area contributed by atoms with Crippen LogP contribution >= 0.6 is 0 Å². The summed E-state index contributed by atoms with van der Waals surface area (Å²) >= 11 is 0. The van der Waals surface area contributed by atoms with Crippen molar-refractivity contribution in [2.24, 2.45) is 4.99 Å². The van der Waals surface area contributed by atoms with Crippen LogP contribution in [0.5, 0.6) is 11.5 Å². The Morgan fingerprint density at radius 2 is 1.94 bits per heavy atom. The van der Waals surface area contributed by atoms with E-state index in [4.69, 9.17) is 4.74 Å². The lowest BCUT2D eigenvalue weighted by molar-refractivity contribution is -0.110. The molecule has 0 fully saturated rings. The normalized spacial score (nSPS) is 12.2. The molecule has 4 rings (SSSR count). The zero-order valence-electron chi connectivity index (χ0n) is 17.8. The van der Waals surface area contributed by atoms with Gasteiger partial charge in [0, 0.05) is 29.9 Å². The molecule has 0 bridgehead atoms. The van der Waals surface area contributed by atoms with E-state index < -0.39 is 0 Å². The van der Waals surface area contributed by atoms with Gasteiger partial charge in [-0.3, -0.25) is 14.6 Å². The Balaban J connectivity index is 1.44. The topological polar surface area (TPSA) is 92.7 Å². The predicted octanol–water partition coefficient (Wildman–Crippen LogP) is 4.20. The number of amides is 2. The van der Waals surface area contributed by atoms with Gasteiger partial charge in [-0.15, -0.1) is 0 Å². The van der Waals surface area contributed by atoms with E-state index >= 15 is 0 Å². The minimum atomic E-state index is -0.353. The first-order valence-electron chi connectivity index (χ1n) is 10.3. The van der Waals surface area contributed by atoms with E-state index in [1.807, 2.05) is 0 Å². The second kappa shape index (κ2) is 9.86. The molecule has 0 unspecified atom stereocenters. The number of nitrogens with one attached hydrogen (secondary N) is 2. The molecule has 0 atom stereocenters. The van der Waals surface area contributed by atoms with Crippen LogP contribution in [0.2, 0.25) is 0 Å². The summed E-state index contributed by atoms with van der Waals surface area (Å²) in [5.41, 5.74) is 2.09. The summed E-state index contributed by atoms with van der Waals surface area (Å²) in [4.78, 5) is 33.1. The van der Waals surface area contributed by atoms with E-state index in [-0.39, 0.29) is 24.2 Å². The monoisotopic (exact) mass is 444 g/mol. The molecule has 2 N–H and O–H groups in total. The molecule has 0 saturated carbocycles. The number of benzene rings is 2. The Morgan fingerprint density at radius 3 is 2.73 bits per heavy atom. The highest BCUT2D eigenvalue weighted by atomic mass is 19.1. The van der Waals surface area contributed by atoms with Crippen molar-refractivity contribution in [3.05, 3.63) is 95.5 Å². The highest BCUT2D eigenvalue weighted by Crippen LogP contribution is 2.28. The molecule has 33 heavy (non-hydrogen) atoms. The van der Waals surface area contributed by atoms with Gasteiger partial charge in [-0.25, -0.2) is 9.37 Å². The van der Waals surface area contributed by atoms with Gasteiger partial charge < -0.3 is 15.4 Å². The lowest BCUT2D eigenvalue weighted by atomic mass is 10.1. The summed E-state index contributed by atoms with van der Waals surface area (Å²) in [6.07, 6.45) is 4.97. The average Bonchev–Trinajstić information content (AvgIpc) is 3.35. The Morgan fingerprint density at radius 1 is 1.09 bits per heavy atom. The molecule has 2 heterocycles. The molecular weight excluding hydrogens is 423 g/mol. The van der Waals surface area contributed by atoms with E-state index in [1.165, 1.54) is 18.3 Å². The van der Waals surface area contributed by atoms with E-state index in [0.29, 0.717) is 46.3 Å². The van der Waals surface area contributed by atoms with Crippen molar-refractivity contribution in [3.8, 4) is 11.5 Å². The Kier molecular flexibility index (Phi) is 6.54. The zero-order valence-corrected chi connectivity index (χ0v) is 17.8. The molecule has 1 aromatic heterocycles. The van der Waals surface area contributed by atoms with Crippen molar-refractivity contribution in [2.45, 2.75) is 13.5 Å². The summed E-state index contributed by atoms with van der Waals surface area (Å²) in [6, 6.07) is 14.5. The van der Waals surface area contributed by atoms with Gasteiger partial charge in [0.1, 0.15) is 28.8 Å². The lowest BCUT2D eigenvalue weighted by Gasteiger charge is -2.13. The van der Waals surface area contributed by atoms with Gasteiger partial charge in [0.05, 0.1) is 6.54 Å². The highest BCUT2D eigenvalue weighted by molar-refractivity contribution is 6.47. The number of ether oxygens (including phenoxy) is 1. The van der Waals surface area contributed by atoms with Crippen LogP contribution < -0.4 is 15.4 Å². The van der Waals surface area contributed by atoms with Crippen molar-refractivity contribution in [1.29, 1.82) is 0 Å². The molecule has 0 radical (unpaired) electrons. The molecule has 0 saturated heterocycles. The van der Waals surface area contributed by atoms with E-state index in [1.54, 1.807) is 61.5 Å². The molecule has 2 aromatic carbocycles. The minimum Gasteiger partial charge on any atom is -0.457 e. The van der Waals surface area contributed by atoms with Gasteiger partial charge in [0.15, 0.2) is 0 Å². The summed E-state index contributed by atoms with van der Waals surface area (Å²) in [5.74, 6) is 0.262. The van der Waals surface area contributed by atoms with Crippen molar-refractivity contribution in [1.82, 2.24) is 10.3 Å². The van der Waals surface area contributed by atoms with Gasteiger partial charge in [-0.2, -0.15) is 0 Å². The van der Waals surface area contributed by atoms with Crippen LogP contribution in [0, 0.1) is 12.7 Å². The van der Waals surface area contributed by atoms with Gasteiger partial charge in [0.2, 0.25) is 0 Å². The standard InChI is InChI=1S/C25H21FN4O3/c1-16-20(24(31)29-15-17-5-2-6-18(26)13-17)7-3-9-22(16)33-19-10-12-28-23(14-19)30-25(32)21-8-4-11-27-21/h2-10,12-14H,11,15H2,1H3,(H,29,31)(H,28,30,32). The number of rotatable bonds is 7. The summed E-state index contributed by atoms with van der Waals surface area (Å²) in [5, 5.41) is 5.48. The molecule has 8 heteroatoms. The first kappa shape index (κ1) is 21.9. The Labute approximate surface area is 190 Å². The molecule has 166 valence electrons. The third-order valence-electron chi connectivity index (χ3n) is 4.95. The summed E-state index contributed by atoms with van der Waals surface area (Å²) in [7, 11) is 0. The van der Waals surface area contributed by atoms with Crippen molar-refractivity contribution < 1.29 is 18.7 Å². The van der Waals surface area contributed by atoms with Gasteiger partial charge in [-0.1, -0.05) is 24.3 Å². The maximum absolute atomic E-state index is 13.3. The van der Waals surface area contributed by atoms with Gasteiger partial charge >= 0.3 is 0 Å². The Hall–Kier alpha value is -4.33. The SMILES string of the molecule is Cc1c(Oc2ccnc(NC(=O)C3=NCC=C3)c2)cccc1C(=O)NCc1cccc(F)c1. The third kappa shape index (κ3) is 5.48. The van der Waals surface area contributed by atoms with Crippen molar-refractivity contribution in [2.75, 3.05) is 11.9 Å². The van der Waals surface area contributed by atoms with Crippen LogP contribution in [0.3, 0.4) is 0 Å². The minimum absolute atomic E-state index is 0.203. The molecule has 0 spiro atoms. The number of aromatic nitrogens is 1. The number of carbonyl (C=O) groups is 2. The van der Waals surface area contributed by atoms with Crippen molar-refractivity contribution in [3.63, 3.8) is 0 Å². The second-order valence-electron chi connectivity index (χ2n) is 7.30. The lowest BCUT2D eigenvalue weighted by Crippen LogP contribution is -2.23. The highest BCUT2D eigenvalue weighted by Gasteiger charge is 2.15. The van der Waals surface area contributed by atoms with E-state index in [2.05, 4.69) is 20.6 Å². The van der Waals surface area contributed by atoms with Gasteiger partial charge in [0.25, 0.3) is 11.8 Å². The number of halogens is 1. The fraction of sp³-hybridized carbons (Fsp3) is 0.120. The van der Waals surface area contributed by atoms with Crippen LogP contribution in [0.4, 0.5) is 10.2 Å². The predicted molar refractivity (Wildman–Crippen MR) is 123 cm³/mol. The molecule has 1 aliphatic rings. The molecular formula is C25H21FN4O3. The molecule has 3 aromatic rings. The average molecular weight is 444 g/mol. The molecule has 0 aliphatic carbocycles. The quantitative estimate of drug-likeness (QED) is 0.571. The fourth-order valence-corrected chi connectivity index (χ4v) is 3.26. The van der Waals surface area contributed by atoms with Crippen LogP contribution in [-0.4, -0.2) is 29.1 Å². The number of aliphatic imine (C=N–C) groups is 1. The van der Waals surface area contributed by atoms with Crippen LogP contribution in [0.1, 0.15) is 21.5 Å². The summed E-state index contributed by atoms with van der Waals surface area (Å²) in [6.45, 7) is 2.47. The number of carbonyl (C=O) groups excluding carboxylic acids is 2. The number of hydrogen-bond acceptors (Lipinski definition) is 5. The Bertz CT molecular complexity index is 1270. The van der Waals surface area contributed by atoms with E-state index in [0.717, 1.165) is 0 Å². The number of hydrogen-bond donors (Lipinski definition) is 2. The zero-order chi connectivity index (χ0) is 23.2. The number of pyridine rings is 1. The number of anilines is 1. The first-order valence-corrected chi connectivity index (χ1v) is 10.3. The maximum atomic E-state index is 13.3. The van der Waals surface area contributed by atoms with Gasteiger partial charge in [-0.05, 0) is 48.9 Å². The van der Waals surface area contributed by atoms with E-state index in [9.17, 15) is 14.0 Å². The second-order valence-corrected chi connectivity index (χ2v) is 7.30. The first-order chi connectivity index (χ1) is 16.0.